The van der Waals surface area contributed by atoms with Crippen LogP contribution in [0.2, 0.25) is 0 Å². The van der Waals surface area contributed by atoms with Crippen molar-refractivity contribution in [2.75, 3.05) is 7.11 Å². The monoisotopic (exact) mass is 285 g/mol. The van der Waals surface area contributed by atoms with Crippen molar-refractivity contribution in [2.45, 2.75) is 27.3 Å². The van der Waals surface area contributed by atoms with Crippen molar-refractivity contribution in [2.24, 2.45) is 0 Å². The van der Waals surface area contributed by atoms with Crippen LogP contribution in [0.1, 0.15) is 22.3 Å². The van der Waals surface area contributed by atoms with E-state index in [1.807, 2.05) is 26.8 Å². The first kappa shape index (κ1) is 13.0. The molecule has 0 radical (unpaired) electrons. The third-order valence-corrected chi connectivity index (χ3v) is 3.11. The Hall–Kier alpha value is -1.03. The van der Waals surface area contributed by atoms with Crippen LogP contribution in [0.3, 0.4) is 0 Å². The fourth-order valence-corrected chi connectivity index (χ4v) is 1.88. The van der Waals surface area contributed by atoms with Gasteiger partial charge in [-0.05, 0) is 49.1 Å². The molecule has 0 heterocycles. The van der Waals surface area contributed by atoms with Crippen LogP contribution in [-0.4, -0.2) is 11.9 Å². The van der Waals surface area contributed by atoms with E-state index in [0.717, 1.165) is 28.0 Å². The molecule has 16 heavy (non-hydrogen) atoms. The van der Waals surface area contributed by atoms with Crippen molar-refractivity contribution in [1.82, 2.24) is 5.32 Å². The molecule has 0 aromatic heterocycles. The van der Waals surface area contributed by atoms with E-state index >= 15 is 0 Å². The van der Waals surface area contributed by atoms with Crippen LogP contribution in [0.25, 0.3) is 0 Å². The van der Waals surface area contributed by atoms with Gasteiger partial charge < -0.3 is 10.1 Å². The molecule has 0 aliphatic rings. The average molecular weight is 286 g/mol. The fraction of sp³-hybridized carbons (Fsp3) is 0.417. The molecule has 88 valence electrons. The molecule has 1 amide bonds. The van der Waals surface area contributed by atoms with Crippen molar-refractivity contribution in [3.8, 4) is 5.75 Å². The third-order valence-electron chi connectivity index (χ3n) is 2.83. The number of benzene rings is 1. The molecule has 0 spiro atoms. The predicted molar refractivity (Wildman–Crippen MR) is 68.4 cm³/mol. The first-order valence-electron chi connectivity index (χ1n) is 5.04. The number of rotatable bonds is 3. The van der Waals surface area contributed by atoms with Gasteiger partial charge in [-0.2, -0.15) is 0 Å². The van der Waals surface area contributed by atoms with Gasteiger partial charge in [0.2, 0.25) is 0 Å². The van der Waals surface area contributed by atoms with Gasteiger partial charge in [-0.25, -0.2) is 0 Å². The Kier molecular flexibility index (Phi) is 4.35. The Bertz CT molecular complexity index is 416. The van der Waals surface area contributed by atoms with Crippen LogP contribution in [0, 0.1) is 20.8 Å². The Labute approximate surface area is 104 Å². The van der Waals surface area contributed by atoms with Gasteiger partial charge in [0.15, 0.2) is 0 Å². The molecule has 1 rings (SSSR count). The molecule has 0 bridgehead atoms. The summed E-state index contributed by atoms with van der Waals surface area (Å²) in [6, 6.07) is 2.00. The zero-order chi connectivity index (χ0) is 12.3. The first-order valence-corrected chi connectivity index (χ1v) is 5.83. The highest BCUT2D eigenvalue weighted by atomic mass is 79.9. The van der Waals surface area contributed by atoms with Gasteiger partial charge in [0.05, 0.1) is 7.11 Å². The Morgan fingerprint density at radius 1 is 1.38 bits per heavy atom. The lowest BCUT2D eigenvalue weighted by Crippen LogP contribution is -2.17. The number of aryl methyl sites for hydroxylation is 1. The maximum atomic E-state index is 10.8. The molecule has 1 aromatic rings. The Morgan fingerprint density at radius 2 is 2.00 bits per heavy atom. The smallest absolute Gasteiger partial charge is 0.287 e. The van der Waals surface area contributed by atoms with Crippen molar-refractivity contribution < 1.29 is 9.53 Å². The quantitative estimate of drug-likeness (QED) is 0.684. The molecule has 1 N–H and O–H groups in total. The van der Waals surface area contributed by atoms with E-state index in [4.69, 9.17) is 4.74 Å². The summed E-state index contributed by atoms with van der Waals surface area (Å²) in [5.74, 6) is 0.893. The molecule has 0 unspecified atom stereocenters. The van der Waals surface area contributed by atoms with Crippen LogP contribution < -0.4 is 10.1 Å². The highest BCUT2D eigenvalue weighted by Gasteiger charge is 2.10. The van der Waals surface area contributed by atoms with Crippen molar-refractivity contribution in [3.05, 3.63) is 28.3 Å². The van der Waals surface area contributed by atoms with Gasteiger partial charge in [-0.3, -0.25) is 4.79 Å². The van der Waals surface area contributed by atoms with Crippen LogP contribution in [0.15, 0.2) is 6.07 Å². The molecule has 0 atom stereocenters. The summed E-state index contributed by atoms with van der Waals surface area (Å²) < 4.78 is 5.29. The second-order valence-electron chi connectivity index (χ2n) is 3.75. The molecule has 1 aromatic carbocycles. The van der Waals surface area contributed by atoms with E-state index in [9.17, 15) is 4.79 Å². The maximum absolute atomic E-state index is 10.8. The summed E-state index contributed by atoms with van der Waals surface area (Å²) in [4.78, 5) is 10.6. The van der Waals surface area contributed by atoms with Crippen molar-refractivity contribution in [3.63, 3.8) is 0 Å². The van der Waals surface area contributed by atoms with Gasteiger partial charge >= 0.3 is 0 Å². The summed E-state index contributed by atoms with van der Waals surface area (Å²) in [6.07, 6.45) is 0. The number of hydrogen-bond acceptors (Lipinski definition) is 2. The number of amides is 1. The predicted octanol–water partition coefficient (Wildman–Crippen LogP) is 3.22. The molecule has 0 saturated heterocycles. The van der Waals surface area contributed by atoms with Crippen LogP contribution in [0.5, 0.6) is 5.75 Å². The second kappa shape index (κ2) is 5.34. The fourth-order valence-electron chi connectivity index (χ4n) is 1.74. The minimum atomic E-state index is -0.195. The second-order valence-corrected chi connectivity index (χ2v) is 4.47. The summed E-state index contributed by atoms with van der Waals surface area (Å²) in [6.45, 7) is 6.62. The van der Waals surface area contributed by atoms with Crippen molar-refractivity contribution in [1.29, 1.82) is 0 Å². The highest BCUT2D eigenvalue weighted by Crippen LogP contribution is 2.27. The van der Waals surface area contributed by atoms with Gasteiger partial charge in [0, 0.05) is 22.5 Å². The van der Waals surface area contributed by atoms with Crippen LogP contribution >= 0.6 is 15.9 Å². The number of ether oxygens (including phenoxy) is 1. The lowest BCUT2D eigenvalue weighted by molar-refractivity contribution is 0.261. The SMILES string of the molecule is COc1cc(C)c(CNC(=O)Br)c(C)c1C. The van der Waals surface area contributed by atoms with Gasteiger partial charge in [-0.15, -0.1) is 0 Å². The zero-order valence-electron chi connectivity index (χ0n) is 9.98. The van der Waals surface area contributed by atoms with E-state index in [0.29, 0.717) is 6.54 Å². The lowest BCUT2D eigenvalue weighted by Gasteiger charge is -2.15. The van der Waals surface area contributed by atoms with Gasteiger partial charge in [0.25, 0.3) is 4.82 Å². The Morgan fingerprint density at radius 3 is 2.50 bits per heavy atom. The molecule has 0 aliphatic carbocycles. The molecule has 4 heteroatoms. The number of halogens is 1. The first-order chi connectivity index (χ1) is 7.47. The number of methoxy groups -OCH3 is 1. The molecule has 3 nitrogen and oxygen atoms in total. The lowest BCUT2D eigenvalue weighted by atomic mass is 9.97. The summed E-state index contributed by atoms with van der Waals surface area (Å²) >= 11 is 2.85. The highest BCUT2D eigenvalue weighted by molar-refractivity contribution is 9.18. The number of hydrogen-bond donors (Lipinski definition) is 1. The normalized spacial score (nSPS) is 10.1. The van der Waals surface area contributed by atoms with Crippen molar-refractivity contribution >= 4 is 20.7 Å². The summed E-state index contributed by atoms with van der Waals surface area (Å²) in [7, 11) is 1.67. The maximum Gasteiger partial charge on any atom is 0.287 e. The Balaban J connectivity index is 3.10. The zero-order valence-corrected chi connectivity index (χ0v) is 11.6. The average Bonchev–Trinajstić information content (AvgIpc) is 2.22. The molecular weight excluding hydrogens is 270 g/mol. The molecule has 0 aliphatic heterocycles. The molecule has 0 saturated carbocycles. The van der Waals surface area contributed by atoms with E-state index < -0.39 is 0 Å². The molecule has 0 fully saturated rings. The summed E-state index contributed by atoms with van der Waals surface area (Å²) in [5, 5.41) is 2.75. The number of carbonyl (C=O) groups is 1. The van der Waals surface area contributed by atoms with E-state index in [1.54, 1.807) is 7.11 Å². The third kappa shape index (κ3) is 2.76. The van der Waals surface area contributed by atoms with E-state index in [1.165, 1.54) is 0 Å². The standard InChI is InChI=1S/C12H16BrNO2/c1-7-5-11(16-4)9(3)8(2)10(7)6-14-12(13)15/h5H,6H2,1-4H3,(H,14,15). The minimum absolute atomic E-state index is 0.195. The topological polar surface area (TPSA) is 38.3 Å². The van der Waals surface area contributed by atoms with E-state index in [-0.39, 0.29) is 4.82 Å². The van der Waals surface area contributed by atoms with Gasteiger partial charge in [0.1, 0.15) is 5.75 Å². The number of nitrogens with one attached hydrogen (secondary N) is 1. The van der Waals surface area contributed by atoms with Crippen LogP contribution in [-0.2, 0) is 6.54 Å². The van der Waals surface area contributed by atoms with E-state index in [2.05, 4.69) is 21.2 Å². The number of carbonyl (C=O) groups excluding carboxylic acids is 1. The van der Waals surface area contributed by atoms with Gasteiger partial charge in [-0.1, -0.05) is 0 Å². The summed E-state index contributed by atoms with van der Waals surface area (Å²) in [5.41, 5.74) is 4.55. The largest absolute Gasteiger partial charge is 0.496 e. The van der Waals surface area contributed by atoms with Crippen LogP contribution in [0.4, 0.5) is 4.79 Å². The molecular formula is C12H16BrNO2. The minimum Gasteiger partial charge on any atom is -0.496 e.